The van der Waals surface area contributed by atoms with E-state index in [1.165, 1.54) is 7.11 Å². The maximum Gasteiger partial charge on any atom is 0.339 e. The van der Waals surface area contributed by atoms with Crippen LogP contribution < -0.4 is 16.0 Å². The highest BCUT2D eigenvalue weighted by molar-refractivity contribution is 6.04. The van der Waals surface area contributed by atoms with E-state index in [1.54, 1.807) is 41.8 Å². The molecule has 1 amide bonds. The molecule has 0 saturated heterocycles. The highest BCUT2D eigenvalue weighted by Gasteiger charge is 2.23. The molecule has 0 aliphatic carbocycles. The summed E-state index contributed by atoms with van der Waals surface area (Å²) in [5, 5.41) is 9.03. The fourth-order valence-electron chi connectivity index (χ4n) is 3.42. The fourth-order valence-corrected chi connectivity index (χ4v) is 3.42. The highest BCUT2D eigenvalue weighted by atomic mass is 16.5. The Hall–Kier alpha value is -4.08. The Bertz CT molecular complexity index is 1190. The van der Waals surface area contributed by atoms with Crippen LogP contribution in [0.1, 0.15) is 17.3 Å². The lowest BCUT2D eigenvalue weighted by Crippen LogP contribution is -2.27. The summed E-state index contributed by atoms with van der Waals surface area (Å²) in [7, 11) is 1.31. The molecule has 1 aliphatic rings. The van der Waals surface area contributed by atoms with Crippen molar-refractivity contribution in [2.24, 2.45) is 0 Å². The zero-order valence-electron chi connectivity index (χ0n) is 17.0. The number of anilines is 3. The lowest BCUT2D eigenvalue weighted by atomic mass is 10.1. The predicted octanol–water partition coefficient (Wildman–Crippen LogP) is 2.13. The van der Waals surface area contributed by atoms with E-state index in [0.29, 0.717) is 28.4 Å². The van der Waals surface area contributed by atoms with Crippen LogP contribution in [0.2, 0.25) is 0 Å². The van der Waals surface area contributed by atoms with Gasteiger partial charge < -0.3 is 25.4 Å². The Balaban J connectivity index is 1.85. The summed E-state index contributed by atoms with van der Waals surface area (Å²) in [4.78, 5) is 40.4. The van der Waals surface area contributed by atoms with Crippen molar-refractivity contribution in [3.05, 3.63) is 42.1 Å². The molecule has 10 nitrogen and oxygen atoms in total. The summed E-state index contributed by atoms with van der Waals surface area (Å²) in [5.74, 6) is -0.549. The van der Waals surface area contributed by atoms with E-state index in [2.05, 4.69) is 16.0 Å². The van der Waals surface area contributed by atoms with E-state index in [0.717, 1.165) is 11.3 Å². The van der Waals surface area contributed by atoms with Gasteiger partial charge in [0.25, 0.3) is 0 Å². The second kappa shape index (κ2) is 8.34. The summed E-state index contributed by atoms with van der Waals surface area (Å²) in [6, 6.07) is 8.77. The molecule has 0 radical (unpaired) electrons. The molecule has 0 unspecified atom stereocenters. The first-order valence-electron chi connectivity index (χ1n) is 9.68. The number of methoxy groups -OCH3 is 1. The van der Waals surface area contributed by atoms with Crippen molar-refractivity contribution in [2.75, 3.05) is 42.8 Å². The number of fused-ring (bicyclic) bond motifs is 2. The molecular formula is C21H21N5O5. The lowest BCUT2D eigenvalue weighted by molar-refractivity contribution is -0.140. The van der Waals surface area contributed by atoms with Crippen LogP contribution in [0.25, 0.3) is 16.9 Å². The molecule has 31 heavy (non-hydrogen) atoms. The third-order valence-corrected chi connectivity index (χ3v) is 4.76. The number of carbonyl (C=O) groups excluding carboxylic acids is 3. The number of esters is 2. The van der Waals surface area contributed by atoms with Crippen molar-refractivity contribution in [1.29, 1.82) is 0 Å². The first-order valence-corrected chi connectivity index (χ1v) is 9.68. The standard InChI is InChI=1S/C21H21N5O5/c1-3-31-17(28)10-23-20-19(13-5-4-6-14-18(13)22-9-16(27)24-14)25-15-8-7-12(11-26(15)20)21(29)30-2/h4-8,11,22-23H,3,9-10H2,1-2H3,(H,24,27). The minimum atomic E-state index is -0.491. The third kappa shape index (κ3) is 3.87. The molecule has 10 heteroatoms. The van der Waals surface area contributed by atoms with Gasteiger partial charge in [0.2, 0.25) is 5.91 Å². The van der Waals surface area contributed by atoms with Crippen molar-refractivity contribution in [3.8, 4) is 11.3 Å². The van der Waals surface area contributed by atoms with E-state index in [9.17, 15) is 14.4 Å². The molecule has 1 aromatic carbocycles. The Labute approximate surface area is 177 Å². The monoisotopic (exact) mass is 423 g/mol. The van der Waals surface area contributed by atoms with Crippen molar-refractivity contribution in [2.45, 2.75) is 6.92 Å². The number of nitrogens with one attached hydrogen (secondary N) is 3. The number of nitrogens with zero attached hydrogens (tertiary/aromatic N) is 2. The number of rotatable bonds is 6. The number of benzene rings is 1. The van der Waals surface area contributed by atoms with Gasteiger partial charge in [-0.3, -0.25) is 14.0 Å². The van der Waals surface area contributed by atoms with Gasteiger partial charge in [-0.1, -0.05) is 12.1 Å². The molecule has 0 saturated carbocycles. The minimum absolute atomic E-state index is 0.0870. The topological polar surface area (TPSA) is 123 Å². The first-order chi connectivity index (χ1) is 15.0. The number of pyridine rings is 1. The Kier molecular flexibility index (Phi) is 5.44. The second-order valence-corrected chi connectivity index (χ2v) is 6.74. The Morgan fingerprint density at radius 2 is 2.10 bits per heavy atom. The SMILES string of the molecule is CCOC(=O)CNc1c(-c2cccc3c2NCC(=O)N3)nc2ccc(C(=O)OC)cn12. The van der Waals surface area contributed by atoms with Crippen LogP contribution in [0.5, 0.6) is 0 Å². The average Bonchev–Trinajstić information content (AvgIpc) is 3.14. The summed E-state index contributed by atoms with van der Waals surface area (Å²) in [5.41, 5.74) is 3.53. The molecule has 0 fully saturated rings. The van der Waals surface area contributed by atoms with Crippen molar-refractivity contribution in [1.82, 2.24) is 9.38 Å². The summed E-state index contributed by atoms with van der Waals surface area (Å²) in [6.07, 6.45) is 1.59. The van der Waals surface area contributed by atoms with Gasteiger partial charge in [0.15, 0.2) is 0 Å². The quantitative estimate of drug-likeness (QED) is 0.515. The van der Waals surface area contributed by atoms with Crippen molar-refractivity contribution in [3.63, 3.8) is 0 Å². The summed E-state index contributed by atoms with van der Waals surface area (Å²) in [6.45, 7) is 2.05. The number of para-hydroxylation sites is 1. The summed E-state index contributed by atoms with van der Waals surface area (Å²) >= 11 is 0. The van der Waals surface area contributed by atoms with Crippen molar-refractivity contribution >= 4 is 40.7 Å². The second-order valence-electron chi connectivity index (χ2n) is 6.74. The van der Waals surface area contributed by atoms with E-state index >= 15 is 0 Å². The van der Waals surface area contributed by atoms with Gasteiger partial charge >= 0.3 is 11.9 Å². The van der Waals surface area contributed by atoms with Crippen LogP contribution >= 0.6 is 0 Å². The van der Waals surface area contributed by atoms with E-state index in [-0.39, 0.29) is 25.6 Å². The van der Waals surface area contributed by atoms with Gasteiger partial charge in [0.1, 0.15) is 23.7 Å². The minimum Gasteiger partial charge on any atom is -0.465 e. The molecular weight excluding hydrogens is 402 g/mol. The largest absolute Gasteiger partial charge is 0.465 e. The van der Waals surface area contributed by atoms with Crippen LogP contribution in [-0.2, 0) is 19.1 Å². The third-order valence-electron chi connectivity index (χ3n) is 4.76. The molecule has 3 heterocycles. The fraction of sp³-hybridized carbons (Fsp3) is 0.238. The van der Waals surface area contributed by atoms with Crippen LogP contribution in [0.4, 0.5) is 17.2 Å². The molecule has 160 valence electrons. The van der Waals surface area contributed by atoms with E-state index in [1.807, 2.05) is 6.07 Å². The zero-order valence-corrected chi connectivity index (χ0v) is 17.0. The lowest BCUT2D eigenvalue weighted by Gasteiger charge is -2.21. The summed E-state index contributed by atoms with van der Waals surface area (Å²) < 4.78 is 11.5. The average molecular weight is 423 g/mol. The smallest absolute Gasteiger partial charge is 0.339 e. The molecule has 2 aromatic heterocycles. The Morgan fingerprint density at radius 1 is 1.26 bits per heavy atom. The molecule has 0 bridgehead atoms. The van der Waals surface area contributed by atoms with Gasteiger partial charge in [0, 0.05) is 11.8 Å². The van der Waals surface area contributed by atoms with Crippen LogP contribution in [0, 0.1) is 0 Å². The number of hydrogen-bond donors (Lipinski definition) is 3. The molecule has 3 aromatic rings. The maximum atomic E-state index is 12.0. The first kappa shape index (κ1) is 20.2. The van der Waals surface area contributed by atoms with Gasteiger partial charge in [-0.2, -0.15) is 0 Å². The normalized spacial score (nSPS) is 12.5. The molecule has 3 N–H and O–H groups in total. The van der Waals surface area contributed by atoms with Crippen LogP contribution in [0.15, 0.2) is 36.5 Å². The van der Waals surface area contributed by atoms with Gasteiger partial charge in [0.05, 0.1) is 37.2 Å². The van der Waals surface area contributed by atoms with Gasteiger partial charge in [-0.05, 0) is 25.1 Å². The number of hydrogen-bond acceptors (Lipinski definition) is 8. The highest BCUT2D eigenvalue weighted by Crippen LogP contribution is 2.39. The number of amides is 1. The molecule has 1 aliphatic heterocycles. The number of carbonyl (C=O) groups is 3. The predicted molar refractivity (Wildman–Crippen MR) is 114 cm³/mol. The molecule has 0 spiro atoms. The van der Waals surface area contributed by atoms with Gasteiger partial charge in [-0.15, -0.1) is 0 Å². The van der Waals surface area contributed by atoms with Gasteiger partial charge in [-0.25, -0.2) is 9.78 Å². The van der Waals surface area contributed by atoms with E-state index in [4.69, 9.17) is 14.5 Å². The van der Waals surface area contributed by atoms with Crippen LogP contribution in [-0.4, -0.2) is 54.0 Å². The number of aromatic nitrogens is 2. The molecule has 4 rings (SSSR count). The van der Waals surface area contributed by atoms with Crippen molar-refractivity contribution < 1.29 is 23.9 Å². The number of imidazole rings is 1. The Morgan fingerprint density at radius 3 is 2.87 bits per heavy atom. The van der Waals surface area contributed by atoms with E-state index < -0.39 is 11.9 Å². The maximum absolute atomic E-state index is 12.0. The van der Waals surface area contributed by atoms with Crippen LogP contribution in [0.3, 0.4) is 0 Å². The zero-order chi connectivity index (χ0) is 22.0. The molecule has 0 atom stereocenters. The number of ether oxygens (including phenoxy) is 2.